The molecule has 31 heavy (non-hydrogen) atoms. The number of methoxy groups -OCH3 is 1. The highest BCUT2D eigenvalue weighted by molar-refractivity contribution is 5.94. The van der Waals surface area contributed by atoms with Gasteiger partial charge in [0.1, 0.15) is 0 Å². The highest BCUT2D eigenvalue weighted by Crippen LogP contribution is 2.30. The first-order chi connectivity index (χ1) is 15.1. The SMILES string of the molecule is CCNC(=NCc1cccc(NC(=O)C2CCC2)c1)Nc1ccc(OCC)c(OC)c1. The zero-order valence-electron chi connectivity index (χ0n) is 18.5. The van der Waals surface area contributed by atoms with Crippen molar-refractivity contribution in [1.82, 2.24) is 5.32 Å². The van der Waals surface area contributed by atoms with E-state index in [0.29, 0.717) is 30.6 Å². The van der Waals surface area contributed by atoms with Gasteiger partial charge in [-0.2, -0.15) is 0 Å². The maximum Gasteiger partial charge on any atom is 0.227 e. The lowest BCUT2D eigenvalue weighted by Gasteiger charge is -2.24. The third kappa shape index (κ3) is 6.38. The summed E-state index contributed by atoms with van der Waals surface area (Å²) in [7, 11) is 1.62. The molecule has 2 aromatic carbocycles. The summed E-state index contributed by atoms with van der Waals surface area (Å²) >= 11 is 0. The van der Waals surface area contributed by atoms with Crippen molar-refractivity contribution in [3.63, 3.8) is 0 Å². The van der Waals surface area contributed by atoms with Crippen molar-refractivity contribution < 1.29 is 14.3 Å². The molecule has 1 saturated carbocycles. The van der Waals surface area contributed by atoms with Crippen LogP contribution in [0.15, 0.2) is 47.5 Å². The van der Waals surface area contributed by atoms with E-state index >= 15 is 0 Å². The molecule has 0 saturated heterocycles. The van der Waals surface area contributed by atoms with E-state index < -0.39 is 0 Å². The Balaban J connectivity index is 1.67. The second-order valence-corrected chi connectivity index (χ2v) is 7.44. The molecule has 1 amide bonds. The van der Waals surface area contributed by atoms with Gasteiger partial charge in [-0.05, 0) is 56.5 Å². The van der Waals surface area contributed by atoms with Gasteiger partial charge in [-0.15, -0.1) is 0 Å². The quantitative estimate of drug-likeness (QED) is 0.410. The summed E-state index contributed by atoms with van der Waals surface area (Å²) in [6.45, 7) is 5.75. The molecule has 7 heteroatoms. The first kappa shape index (κ1) is 22.5. The molecule has 1 fully saturated rings. The molecule has 7 nitrogen and oxygen atoms in total. The van der Waals surface area contributed by atoms with Gasteiger partial charge in [0.25, 0.3) is 0 Å². The van der Waals surface area contributed by atoms with Gasteiger partial charge in [-0.25, -0.2) is 4.99 Å². The second-order valence-electron chi connectivity index (χ2n) is 7.44. The number of nitrogens with zero attached hydrogens (tertiary/aromatic N) is 1. The van der Waals surface area contributed by atoms with Crippen LogP contribution in [-0.2, 0) is 11.3 Å². The van der Waals surface area contributed by atoms with Gasteiger partial charge in [0.15, 0.2) is 17.5 Å². The number of ether oxygens (including phenoxy) is 2. The van der Waals surface area contributed by atoms with Crippen molar-refractivity contribution in [2.45, 2.75) is 39.7 Å². The zero-order chi connectivity index (χ0) is 22.1. The topological polar surface area (TPSA) is 84.0 Å². The molecular formula is C24H32N4O3. The van der Waals surface area contributed by atoms with Crippen molar-refractivity contribution >= 4 is 23.2 Å². The molecule has 0 aliphatic heterocycles. The van der Waals surface area contributed by atoms with E-state index in [0.717, 1.165) is 42.7 Å². The highest BCUT2D eigenvalue weighted by atomic mass is 16.5. The smallest absolute Gasteiger partial charge is 0.227 e. The Hall–Kier alpha value is -3.22. The Kier molecular flexibility index (Phi) is 8.15. The predicted molar refractivity (Wildman–Crippen MR) is 125 cm³/mol. The number of benzene rings is 2. The van der Waals surface area contributed by atoms with Crippen LogP contribution in [0.25, 0.3) is 0 Å². The number of guanidine groups is 1. The van der Waals surface area contributed by atoms with Crippen LogP contribution in [0.3, 0.4) is 0 Å². The van der Waals surface area contributed by atoms with E-state index in [1.807, 2.05) is 56.3 Å². The minimum atomic E-state index is 0.117. The molecule has 166 valence electrons. The Bertz CT molecular complexity index is 909. The first-order valence-electron chi connectivity index (χ1n) is 10.9. The largest absolute Gasteiger partial charge is 0.493 e. The lowest BCUT2D eigenvalue weighted by molar-refractivity contribution is -0.122. The Morgan fingerprint density at radius 1 is 1.06 bits per heavy atom. The fourth-order valence-corrected chi connectivity index (χ4v) is 3.30. The average molecular weight is 425 g/mol. The van der Waals surface area contributed by atoms with E-state index in [-0.39, 0.29) is 11.8 Å². The Morgan fingerprint density at radius 3 is 2.55 bits per heavy atom. The van der Waals surface area contributed by atoms with Crippen LogP contribution >= 0.6 is 0 Å². The third-order valence-corrected chi connectivity index (χ3v) is 5.16. The summed E-state index contributed by atoms with van der Waals surface area (Å²) in [4.78, 5) is 16.9. The van der Waals surface area contributed by atoms with Crippen molar-refractivity contribution in [3.8, 4) is 11.5 Å². The standard InChI is InChI=1S/C24H32N4O3/c1-4-25-24(28-20-12-13-21(31-5-2)22(15-20)30-3)26-16-17-8-6-11-19(14-17)27-23(29)18-9-7-10-18/h6,8,11-15,18H,4-5,7,9-10,16H2,1-3H3,(H,27,29)(H2,25,26,28). The number of anilines is 2. The number of aliphatic imine (C=N–C) groups is 1. The van der Waals surface area contributed by atoms with Crippen LogP contribution < -0.4 is 25.4 Å². The molecule has 0 spiro atoms. The lowest BCUT2D eigenvalue weighted by atomic mass is 9.85. The van der Waals surface area contributed by atoms with E-state index in [1.54, 1.807) is 7.11 Å². The van der Waals surface area contributed by atoms with Gasteiger partial charge in [0.05, 0.1) is 20.3 Å². The number of carbonyl (C=O) groups excluding carboxylic acids is 1. The van der Waals surface area contributed by atoms with Crippen molar-refractivity contribution in [2.75, 3.05) is 30.9 Å². The Morgan fingerprint density at radius 2 is 1.87 bits per heavy atom. The summed E-state index contributed by atoms with van der Waals surface area (Å²) in [6, 6.07) is 13.5. The summed E-state index contributed by atoms with van der Waals surface area (Å²) in [5.41, 5.74) is 2.69. The van der Waals surface area contributed by atoms with Gasteiger partial charge in [0, 0.05) is 29.9 Å². The molecule has 3 N–H and O–H groups in total. The number of amides is 1. The number of nitrogens with one attached hydrogen (secondary N) is 3. The fourth-order valence-electron chi connectivity index (χ4n) is 3.30. The van der Waals surface area contributed by atoms with Crippen molar-refractivity contribution in [1.29, 1.82) is 0 Å². The van der Waals surface area contributed by atoms with Crippen LogP contribution in [0.2, 0.25) is 0 Å². The third-order valence-electron chi connectivity index (χ3n) is 5.16. The van der Waals surface area contributed by atoms with E-state index in [4.69, 9.17) is 9.47 Å². The van der Waals surface area contributed by atoms with Gasteiger partial charge in [-0.3, -0.25) is 4.79 Å². The second kappa shape index (κ2) is 11.2. The van der Waals surface area contributed by atoms with Crippen LogP contribution in [0, 0.1) is 5.92 Å². The monoisotopic (exact) mass is 424 g/mol. The minimum Gasteiger partial charge on any atom is -0.493 e. The van der Waals surface area contributed by atoms with Crippen LogP contribution in [0.5, 0.6) is 11.5 Å². The first-order valence-corrected chi connectivity index (χ1v) is 10.9. The number of carbonyl (C=O) groups is 1. The molecule has 0 aromatic heterocycles. The molecule has 1 aliphatic rings. The van der Waals surface area contributed by atoms with E-state index in [1.165, 1.54) is 0 Å². The number of rotatable bonds is 9. The molecule has 0 atom stereocenters. The van der Waals surface area contributed by atoms with Gasteiger partial charge in [0.2, 0.25) is 5.91 Å². The maximum atomic E-state index is 12.2. The Labute approximate surface area is 184 Å². The molecule has 0 heterocycles. The maximum absolute atomic E-state index is 12.2. The molecule has 0 radical (unpaired) electrons. The summed E-state index contributed by atoms with van der Waals surface area (Å²) < 4.78 is 11.0. The predicted octanol–water partition coefficient (Wildman–Crippen LogP) is 4.41. The molecule has 1 aliphatic carbocycles. The molecule has 3 rings (SSSR count). The number of hydrogen-bond acceptors (Lipinski definition) is 4. The minimum absolute atomic E-state index is 0.117. The molecular weight excluding hydrogens is 392 g/mol. The van der Waals surface area contributed by atoms with Crippen LogP contribution in [0.1, 0.15) is 38.7 Å². The van der Waals surface area contributed by atoms with Gasteiger partial charge >= 0.3 is 0 Å². The average Bonchev–Trinajstić information content (AvgIpc) is 2.72. The van der Waals surface area contributed by atoms with Gasteiger partial charge in [-0.1, -0.05) is 18.6 Å². The molecule has 2 aromatic rings. The summed E-state index contributed by atoms with van der Waals surface area (Å²) in [5, 5.41) is 9.58. The van der Waals surface area contributed by atoms with Crippen LogP contribution in [-0.4, -0.2) is 32.1 Å². The normalized spacial score (nSPS) is 13.8. The summed E-state index contributed by atoms with van der Waals surface area (Å²) in [5.74, 6) is 2.32. The molecule has 0 bridgehead atoms. The van der Waals surface area contributed by atoms with Crippen LogP contribution in [0.4, 0.5) is 11.4 Å². The van der Waals surface area contributed by atoms with E-state index in [2.05, 4.69) is 20.9 Å². The molecule has 0 unspecified atom stereocenters. The van der Waals surface area contributed by atoms with E-state index in [9.17, 15) is 4.79 Å². The summed E-state index contributed by atoms with van der Waals surface area (Å²) in [6.07, 6.45) is 3.13. The highest BCUT2D eigenvalue weighted by Gasteiger charge is 2.25. The number of hydrogen-bond donors (Lipinski definition) is 3. The van der Waals surface area contributed by atoms with Crippen molar-refractivity contribution in [2.24, 2.45) is 10.9 Å². The van der Waals surface area contributed by atoms with Gasteiger partial charge < -0.3 is 25.4 Å². The fraction of sp³-hybridized carbons (Fsp3) is 0.417. The lowest BCUT2D eigenvalue weighted by Crippen LogP contribution is -2.30. The zero-order valence-corrected chi connectivity index (χ0v) is 18.5. The van der Waals surface area contributed by atoms with Crippen molar-refractivity contribution in [3.05, 3.63) is 48.0 Å².